The van der Waals surface area contributed by atoms with E-state index < -0.39 is 0 Å². The number of amides is 2. The molecule has 1 aromatic carbocycles. The van der Waals surface area contributed by atoms with Gasteiger partial charge < -0.3 is 14.5 Å². The second-order valence-electron chi connectivity index (χ2n) is 6.04. The molecule has 4 nitrogen and oxygen atoms in total. The average molecular weight is 304 g/mol. The van der Waals surface area contributed by atoms with E-state index in [2.05, 4.69) is 19.1 Å². The van der Waals surface area contributed by atoms with Gasteiger partial charge in [0, 0.05) is 32.1 Å². The first kappa shape index (κ1) is 16.7. The molecule has 0 aromatic heterocycles. The normalized spacial score (nSPS) is 18.1. The van der Waals surface area contributed by atoms with Crippen LogP contribution in [0.15, 0.2) is 24.3 Å². The molecule has 1 saturated heterocycles. The van der Waals surface area contributed by atoms with Gasteiger partial charge >= 0.3 is 6.03 Å². The third kappa shape index (κ3) is 4.39. The highest BCUT2D eigenvalue weighted by Crippen LogP contribution is 2.20. The summed E-state index contributed by atoms with van der Waals surface area (Å²) in [6.07, 6.45) is 2.20. The van der Waals surface area contributed by atoms with E-state index in [1.807, 2.05) is 35.8 Å². The number of likely N-dealkylation sites (tertiary alicyclic amines) is 1. The Morgan fingerprint density at radius 3 is 2.82 bits per heavy atom. The second-order valence-corrected chi connectivity index (χ2v) is 6.04. The van der Waals surface area contributed by atoms with Gasteiger partial charge in [-0.15, -0.1) is 0 Å². The number of ether oxygens (including phenoxy) is 1. The number of hydrogen-bond acceptors (Lipinski definition) is 2. The van der Waals surface area contributed by atoms with E-state index in [0.717, 1.165) is 44.8 Å². The maximum Gasteiger partial charge on any atom is 0.319 e. The van der Waals surface area contributed by atoms with Crippen LogP contribution < -0.4 is 4.74 Å². The summed E-state index contributed by atoms with van der Waals surface area (Å²) >= 11 is 0. The van der Waals surface area contributed by atoms with Crippen molar-refractivity contribution < 1.29 is 9.53 Å². The van der Waals surface area contributed by atoms with Crippen molar-refractivity contribution in [3.8, 4) is 5.75 Å². The highest BCUT2D eigenvalue weighted by Gasteiger charge is 2.26. The van der Waals surface area contributed by atoms with E-state index in [9.17, 15) is 4.79 Å². The molecular formula is C18H28N2O2. The zero-order chi connectivity index (χ0) is 15.9. The fourth-order valence-electron chi connectivity index (χ4n) is 2.99. The first-order valence-electron chi connectivity index (χ1n) is 8.37. The largest absolute Gasteiger partial charge is 0.493 e. The van der Waals surface area contributed by atoms with Gasteiger partial charge in [0.05, 0.1) is 6.61 Å². The summed E-state index contributed by atoms with van der Waals surface area (Å²) in [5.74, 6) is 1.35. The molecule has 1 unspecified atom stereocenters. The third-order valence-electron chi connectivity index (χ3n) is 4.30. The van der Waals surface area contributed by atoms with Crippen LogP contribution in [0.2, 0.25) is 0 Å². The van der Waals surface area contributed by atoms with Gasteiger partial charge in [-0.05, 0) is 51.3 Å². The van der Waals surface area contributed by atoms with Crippen molar-refractivity contribution in [1.29, 1.82) is 0 Å². The second kappa shape index (κ2) is 8.06. The molecule has 1 fully saturated rings. The highest BCUT2D eigenvalue weighted by molar-refractivity contribution is 5.74. The van der Waals surface area contributed by atoms with Crippen LogP contribution in [0, 0.1) is 12.8 Å². The molecule has 0 saturated carbocycles. The zero-order valence-electron chi connectivity index (χ0n) is 14.0. The summed E-state index contributed by atoms with van der Waals surface area (Å²) in [7, 11) is 0. The van der Waals surface area contributed by atoms with Crippen LogP contribution in [0.4, 0.5) is 4.79 Å². The molecular weight excluding hydrogens is 276 g/mol. The van der Waals surface area contributed by atoms with Gasteiger partial charge in [-0.25, -0.2) is 4.79 Å². The molecule has 0 radical (unpaired) electrons. The summed E-state index contributed by atoms with van der Waals surface area (Å²) < 4.78 is 5.92. The minimum atomic E-state index is 0.172. The third-order valence-corrected chi connectivity index (χ3v) is 4.30. The molecule has 122 valence electrons. The lowest BCUT2D eigenvalue weighted by Gasteiger charge is -2.35. The first-order valence-corrected chi connectivity index (χ1v) is 8.37. The number of rotatable bonds is 5. The maximum absolute atomic E-state index is 12.4. The average Bonchev–Trinajstić information content (AvgIpc) is 2.54. The topological polar surface area (TPSA) is 32.8 Å². The summed E-state index contributed by atoms with van der Waals surface area (Å²) in [5, 5.41) is 0. The van der Waals surface area contributed by atoms with E-state index in [4.69, 9.17) is 4.74 Å². The number of carbonyl (C=O) groups excluding carboxylic acids is 1. The van der Waals surface area contributed by atoms with Crippen LogP contribution in [-0.2, 0) is 0 Å². The molecule has 22 heavy (non-hydrogen) atoms. The number of aryl methyl sites for hydroxylation is 1. The van der Waals surface area contributed by atoms with Crippen molar-refractivity contribution in [2.24, 2.45) is 5.92 Å². The van der Waals surface area contributed by atoms with E-state index in [-0.39, 0.29) is 6.03 Å². The smallest absolute Gasteiger partial charge is 0.319 e. The van der Waals surface area contributed by atoms with Crippen LogP contribution in [0.1, 0.15) is 32.3 Å². The van der Waals surface area contributed by atoms with Gasteiger partial charge in [0.25, 0.3) is 0 Å². The number of carbonyl (C=O) groups is 1. The lowest BCUT2D eigenvalue weighted by Crippen LogP contribution is -2.48. The predicted molar refractivity (Wildman–Crippen MR) is 89.3 cm³/mol. The predicted octanol–water partition coefficient (Wildman–Crippen LogP) is 3.55. The van der Waals surface area contributed by atoms with Gasteiger partial charge in [0.1, 0.15) is 5.75 Å². The maximum atomic E-state index is 12.4. The molecule has 1 heterocycles. The Bertz CT molecular complexity index is 486. The first-order chi connectivity index (χ1) is 10.6. The van der Waals surface area contributed by atoms with Crippen molar-refractivity contribution in [3.05, 3.63) is 29.8 Å². The van der Waals surface area contributed by atoms with Crippen LogP contribution >= 0.6 is 0 Å². The molecule has 0 N–H and O–H groups in total. The van der Waals surface area contributed by atoms with Gasteiger partial charge in [-0.2, -0.15) is 0 Å². The summed E-state index contributed by atoms with van der Waals surface area (Å²) in [4.78, 5) is 16.3. The van der Waals surface area contributed by atoms with Crippen LogP contribution in [0.3, 0.4) is 0 Å². The summed E-state index contributed by atoms with van der Waals surface area (Å²) in [6.45, 7) is 10.0. The van der Waals surface area contributed by atoms with Crippen LogP contribution in [-0.4, -0.2) is 48.6 Å². The van der Waals surface area contributed by atoms with Crippen molar-refractivity contribution in [2.45, 2.75) is 33.6 Å². The van der Waals surface area contributed by atoms with Crippen LogP contribution in [0.5, 0.6) is 5.75 Å². The van der Waals surface area contributed by atoms with Gasteiger partial charge in [-0.3, -0.25) is 0 Å². The molecule has 2 rings (SSSR count). The molecule has 1 aromatic rings. The monoisotopic (exact) mass is 304 g/mol. The molecule has 0 spiro atoms. The molecule has 1 atom stereocenters. The van der Waals surface area contributed by atoms with Crippen molar-refractivity contribution >= 4 is 6.03 Å². The molecule has 1 aliphatic rings. The number of urea groups is 1. The molecule has 4 heteroatoms. The van der Waals surface area contributed by atoms with E-state index >= 15 is 0 Å². The molecule has 2 amide bonds. The fraction of sp³-hybridized carbons (Fsp3) is 0.611. The minimum absolute atomic E-state index is 0.172. The lowest BCUT2D eigenvalue weighted by atomic mass is 9.99. The van der Waals surface area contributed by atoms with E-state index in [1.54, 1.807) is 0 Å². The quantitative estimate of drug-likeness (QED) is 0.833. The van der Waals surface area contributed by atoms with Gasteiger partial charge in [0.2, 0.25) is 0 Å². The van der Waals surface area contributed by atoms with Crippen molar-refractivity contribution in [1.82, 2.24) is 9.80 Å². The summed E-state index contributed by atoms with van der Waals surface area (Å²) in [5.41, 5.74) is 1.21. The van der Waals surface area contributed by atoms with E-state index in [0.29, 0.717) is 12.5 Å². The Morgan fingerprint density at radius 2 is 2.14 bits per heavy atom. The Morgan fingerprint density at radius 1 is 1.36 bits per heavy atom. The Labute approximate surface area is 134 Å². The molecule has 0 bridgehead atoms. The highest BCUT2D eigenvalue weighted by atomic mass is 16.5. The summed E-state index contributed by atoms with van der Waals surface area (Å²) in [6, 6.07) is 8.31. The standard InChI is InChI=1S/C18H28N2O2/c1-4-19(5-2)18(21)20-11-7-9-16(13-20)14-22-17-10-6-8-15(3)12-17/h6,8,10,12,16H,4-5,7,9,11,13-14H2,1-3H3. The number of benzene rings is 1. The minimum Gasteiger partial charge on any atom is -0.493 e. The Balaban J connectivity index is 1.86. The number of piperidine rings is 1. The SMILES string of the molecule is CCN(CC)C(=O)N1CCCC(COc2cccc(C)c2)C1. The lowest BCUT2D eigenvalue weighted by molar-refractivity contribution is 0.114. The van der Waals surface area contributed by atoms with Gasteiger partial charge in [0.15, 0.2) is 0 Å². The zero-order valence-corrected chi connectivity index (χ0v) is 14.0. The Hall–Kier alpha value is -1.71. The van der Waals surface area contributed by atoms with E-state index in [1.165, 1.54) is 5.56 Å². The number of nitrogens with zero attached hydrogens (tertiary/aromatic N) is 2. The van der Waals surface area contributed by atoms with Gasteiger partial charge in [-0.1, -0.05) is 12.1 Å². The fourth-order valence-corrected chi connectivity index (χ4v) is 2.99. The van der Waals surface area contributed by atoms with Crippen molar-refractivity contribution in [2.75, 3.05) is 32.8 Å². The van der Waals surface area contributed by atoms with Crippen molar-refractivity contribution in [3.63, 3.8) is 0 Å². The Kier molecular flexibility index (Phi) is 6.10. The van der Waals surface area contributed by atoms with Crippen LogP contribution in [0.25, 0.3) is 0 Å². The molecule has 1 aliphatic heterocycles. The number of hydrogen-bond donors (Lipinski definition) is 0. The molecule has 0 aliphatic carbocycles.